The number of rotatable bonds is 3. The summed E-state index contributed by atoms with van der Waals surface area (Å²) >= 11 is 0. The van der Waals surface area contributed by atoms with Crippen molar-refractivity contribution in [2.45, 2.75) is 63.6 Å². The van der Waals surface area contributed by atoms with Gasteiger partial charge in [-0.1, -0.05) is 18.0 Å². The summed E-state index contributed by atoms with van der Waals surface area (Å²) in [5, 5.41) is 17.4. The quantitative estimate of drug-likeness (QED) is 0.827. The van der Waals surface area contributed by atoms with E-state index in [9.17, 15) is 9.90 Å². The standard InChI is InChI=1S/C16H25N3O3/c1-11-10-14(22-18-11)16(21)17-12-6-2-3-7-13(15(12)20)19-8-4-5-9-19/h10,12-13,15,20H,2-9H2,1H3,(H,17,21)/t12-,13-,15-/m1/s1. The molecule has 3 rings (SSSR count). The Morgan fingerprint density at radius 3 is 2.73 bits per heavy atom. The zero-order chi connectivity index (χ0) is 15.5. The fourth-order valence-corrected chi connectivity index (χ4v) is 3.67. The van der Waals surface area contributed by atoms with E-state index in [0.717, 1.165) is 38.8 Å². The molecule has 1 aliphatic carbocycles. The van der Waals surface area contributed by atoms with Crippen LogP contribution in [0, 0.1) is 6.92 Å². The number of nitrogens with one attached hydrogen (secondary N) is 1. The molecule has 122 valence electrons. The van der Waals surface area contributed by atoms with Crippen molar-refractivity contribution in [1.29, 1.82) is 0 Å². The minimum absolute atomic E-state index is 0.159. The van der Waals surface area contributed by atoms with Crippen molar-refractivity contribution in [3.05, 3.63) is 17.5 Å². The summed E-state index contributed by atoms with van der Waals surface area (Å²) in [4.78, 5) is 14.6. The van der Waals surface area contributed by atoms with Crippen molar-refractivity contribution >= 4 is 5.91 Å². The number of likely N-dealkylation sites (tertiary alicyclic amines) is 1. The van der Waals surface area contributed by atoms with E-state index in [2.05, 4.69) is 15.4 Å². The second-order valence-corrected chi connectivity index (χ2v) is 6.50. The Bertz CT molecular complexity index is 510. The molecular formula is C16H25N3O3. The van der Waals surface area contributed by atoms with Crippen molar-refractivity contribution < 1.29 is 14.4 Å². The van der Waals surface area contributed by atoms with E-state index in [1.54, 1.807) is 13.0 Å². The molecule has 0 unspecified atom stereocenters. The molecule has 1 aliphatic heterocycles. The first-order valence-electron chi connectivity index (χ1n) is 8.31. The molecule has 0 radical (unpaired) electrons. The molecule has 2 fully saturated rings. The molecule has 2 aliphatic rings. The first kappa shape index (κ1) is 15.5. The highest BCUT2D eigenvalue weighted by atomic mass is 16.5. The van der Waals surface area contributed by atoms with E-state index in [0.29, 0.717) is 5.69 Å². The van der Waals surface area contributed by atoms with E-state index < -0.39 is 6.10 Å². The van der Waals surface area contributed by atoms with Crippen molar-refractivity contribution in [3.63, 3.8) is 0 Å². The Morgan fingerprint density at radius 1 is 1.32 bits per heavy atom. The molecular weight excluding hydrogens is 282 g/mol. The highest BCUT2D eigenvalue weighted by Crippen LogP contribution is 2.26. The van der Waals surface area contributed by atoms with Crippen LogP contribution < -0.4 is 5.32 Å². The molecule has 2 N–H and O–H groups in total. The number of aliphatic hydroxyl groups excluding tert-OH is 1. The van der Waals surface area contributed by atoms with E-state index in [4.69, 9.17) is 4.52 Å². The van der Waals surface area contributed by atoms with Gasteiger partial charge in [0, 0.05) is 12.1 Å². The lowest BCUT2D eigenvalue weighted by Crippen LogP contribution is -2.52. The van der Waals surface area contributed by atoms with Gasteiger partial charge in [-0.25, -0.2) is 0 Å². The molecule has 3 atom stereocenters. The molecule has 1 aromatic rings. The van der Waals surface area contributed by atoms with Gasteiger partial charge in [-0.15, -0.1) is 0 Å². The van der Waals surface area contributed by atoms with Crippen LogP contribution in [0.5, 0.6) is 0 Å². The van der Waals surface area contributed by atoms with Gasteiger partial charge in [-0.3, -0.25) is 9.69 Å². The maximum atomic E-state index is 12.2. The summed E-state index contributed by atoms with van der Waals surface area (Å²) in [6.45, 7) is 3.90. The van der Waals surface area contributed by atoms with E-state index >= 15 is 0 Å². The second kappa shape index (κ2) is 6.79. The summed E-state index contributed by atoms with van der Waals surface area (Å²) in [5.74, 6) is -0.0709. The number of nitrogens with zero attached hydrogens (tertiary/aromatic N) is 2. The number of aromatic nitrogens is 1. The Morgan fingerprint density at radius 2 is 2.05 bits per heavy atom. The number of hydrogen-bond donors (Lipinski definition) is 2. The zero-order valence-corrected chi connectivity index (χ0v) is 13.1. The van der Waals surface area contributed by atoms with Gasteiger partial charge in [-0.2, -0.15) is 0 Å². The van der Waals surface area contributed by atoms with Gasteiger partial charge < -0.3 is 14.9 Å². The average Bonchev–Trinajstić information content (AvgIpc) is 3.13. The molecule has 6 nitrogen and oxygen atoms in total. The first-order valence-corrected chi connectivity index (χ1v) is 8.31. The van der Waals surface area contributed by atoms with Gasteiger partial charge in [0.15, 0.2) is 0 Å². The third kappa shape index (κ3) is 3.33. The predicted molar refractivity (Wildman–Crippen MR) is 81.6 cm³/mol. The van der Waals surface area contributed by atoms with Gasteiger partial charge in [0.25, 0.3) is 5.91 Å². The van der Waals surface area contributed by atoms with E-state index in [1.165, 1.54) is 12.8 Å². The predicted octanol–water partition coefficient (Wildman–Crippen LogP) is 1.48. The summed E-state index contributed by atoms with van der Waals surface area (Å²) in [6.07, 6.45) is 5.84. The first-order chi connectivity index (χ1) is 10.6. The summed E-state index contributed by atoms with van der Waals surface area (Å²) in [6, 6.07) is 1.56. The fraction of sp³-hybridized carbons (Fsp3) is 0.750. The van der Waals surface area contributed by atoms with E-state index in [-0.39, 0.29) is 23.8 Å². The zero-order valence-electron chi connectivity index (χ0n) is 13.1. The van der Waals surface area contributed by atoms with Crippen LogP contribution >= 0.6 is 0 Å². The van der Waals surface area contributed by atoms with Crippen LogP contribution in [0.25, 0.3) is 0 Å². The van der Waals surface area contributed by atoms with Crippen LogP contribution in [0.3, 0.4) is 0 Å². The van der Waals surface area contributed by atoms with Crippen LogP contribution in [0.2, 0.25) is 0 Å². The smallest absolute Gasteiger partial charge is 0.290 e. The normalized spacial score (nSPS) is 30.2. The van der Waals surface area contributed by atoms with Gasteiger partial charge in [0.05, 0.1) is 17.8 Å². The monoisotopic (exact) mass is 307 g/mol. The highest BCUT2D eigenvalue weighted by Gasteiger charge is 2.35. The largest absolute Gasteiger partial charge is 0.389 e. The van der Waals surface area contributed by atoms with Crippen molar-refractivity contribution in [2.24, 2.45) is 0 Å². The SMILES string of the molecule is Cc1cc(C(=O)N[C@@H]2CCCC[C@@H](N3CCCC3)[C@@H]2O)on1. The molecule has 0 bridgehead atoms. The Balaban J connectivity index is 1.67. The number of amides is 1. The number of aliphatic hydroxyl groups is 1. The molecule has 1 amide bonds. The minimum Gasteiger partial charge on any atom is -0.389 e. The molecule has 0 aromatic carbocycles. The third-order valence-electron chi connectivity index (χ3n) is 4.85. The van der Waals surface area contributed by atoms with Crippen molar-refractivity contribution in [2.75, 3.05) is 13.1 Å². The van der Waals surface area contributed by atoms with Gasteiger partial charge >= 0.3 is 0 Å². The summed E-state index contributed by atoms with van der Waals surface area (Å²) in [7, 11) is 0. The van der Waals surface area contributed by atoms with Crippen LogP contribution in [0.1, 0.15) is 54.8 Å². The third-order valence-corrected chi connectivity index (χ3v) is 4.85. The van der Waals surface area contributed by atoms with Crippen LogP contribution in [-0.2, 0) is 0 Å². The molecule has 1 saturated carbocycles. The molecule has 22 heavy (non-hydrogen) atoms. The second-order valence-electron chi connectivity index (χ2n) is 6.50. The number of hydrogen-bond acceptors (Lipinski definition) is 5. The molecule has 1 saturated heterocycles. The highest BCUT2D eigenvalue weighted by molar-refractivity contribution is 5.91. The topological polar surface area (TPSA) is 78.6 Å². The molecule has 1 aromatic heterocycles. The molecule has 2 heterocycles. The van der Waals surface area contributed by atoms with Crippen LogP contribution in [0.4, 0.5) is 0 Å². The number of carbonyl (C=O) groups is 1. The van der Waals surface area contributed by atoms with Gasteiger partial charge in [-0.05, 0) is 45.7 Å². The summed E-state index contributed by atoms with van der Waals surface area (Å²) < 4.78 is 5.01. The Kier molecular flexibility index (Phi) is 4.78. The lowest BCUT2D eigenvalue weighted by Gasteiger charge is -2.34. The maximum Gasteiger partial charge on any atom is 0.290 e. The summed E-state index contributed by atoms with van der Waals surface area (Å²) in [5.41, 5.74) is 0.682. The van der Waals surface area contributed by atoms with Gasteiger partial charge in [0.1, 0.15) is 0 Å². The Labute approximate surface area is 130 Å². The van der Waals surface area contributed by atoms with Gasteiger partial charge in [0.2, 0.25) is 5.76 Å². The van der Waals surface area contributed by atoms with Crippen molar-refractivity contribution in [3.8, 4) is 0 Å². The van der Waals surface area contributed by atoms with Crippen molar-refractivity contribution in [1.82, 2.24) is 15.4 Å². The number of carbonyl (C=O) groups excluding carboxylic acids is 1. The van der Waals surface area contributed by atoms with E-state index in [1.807, 2.05) is 0 Å². The van der Waals surface area contributed by atoms with Crippen LogP contribution in [-0.4, -0.2) is 52.3 Å². The minimum atomic E-state index is -0.520. The van der Waals surface area contributed by atoms with Crippen LogP contribution in [0.15, 0.2) is 10.6 Å². The number of aryl methyl sites for hydroxylation is 1. The maximum absolute atomic E-state index is 12.2. The molecule has 6 heteroatoms. The Hall–Kier alpha value is -1.40. The lowest BCUT2D eigenvalue weighted by atomic mass is 10.00. The fourth-order valence-electron chi connectivity index (χ4n) is 3.67. The average molecular weight is 307 g/mol. The lowest BCUT2D eigenvalue weighted by molar-refractivity contribution is 0.0331. The molecule has 0 spiro atoms.